The number of pyridine rings is 1. The number of ether oxygens (including phenoxy) is 1. The van der Waals surface area contributed by atoms with E-state index in [2.05, 4.69) is 16.8 Å². The van der Waals surface area contributed by atoms with Crippen LogP contribution in [0.4, 0.5) is 0 Å². The van der Waals surface area contributed by atoms with Crippen molar-refractivity contribution in [2.24, 2.45) is 5.92 Å². The normalized spacial score (nSPS) is 20.7. The summed E-state index contributed by atoms with van der Waals surface area (Å²) in [7, 11) is 4.01. The van der Waals surface area contributed by atoms with Crippen molar-refractivity contribution in [3.05, 3.63) is 47.7 Å². The van der Waals surface area contributed by atoms with Crippen LogP contribution in [0.15, 0.2) is 36.5 Å². The highest BCUT2D eigenvalue weighted by molar-refractivity contribution is 5.98. The van der Waals surface area contributed by atoms with Gasteiger partial charge in [-0.3, -0.25) is 4.79 Å². The Bertz CT molecular complexity index is 851. The maximum absolute atomic E-state index is 13.4. The zero-order chi connectivity index (χ0) is 21.1. The number of aliphatic hydroxyl groups excluding tert-OH is 1. The molecule has 156 valence electrons. The summed E-state index contributed by atoms with van der Waals surface area (Å²) in [4.78, 5) is 21.7. The monoisotopic (exact) mass is 397 g/mol. The van der Waals surface area contributed by atoms with Crippen LogP contribution < -0.4 is 4.74 Å². The smallest absolute Gasteiger partial charge is 0.259 e. The van der Waals surface area contributed by atoms with Gasteiger partial charge in [-0.1, -0.05) is 36.8 Å². The molecule has 1 aliphatic heterocycles. The highest BCUT2D eigenvalue weighted by atomic mass is 16.5. The third kappa shape index (κ3) is 4.77. The molecule has 0 radical (unpaired) electrons. The molecule has 29 heavy (non-hydrogen) atoms. The highest BCUT2D eigenvalue weighted by Crippen LogP contribution is 2.30. The van der Waals surface area contributed by atoms with Gasteiger partial charge < -0.3 is 19.6 Å². The van der Waals surface area contributed by atoms with Crippen molar-refractivity contribution in [2.75, 3.05) is 33.8 Å². The van der Waals surface area contributed by atoms with Crippen molar-refractivity contribution in [3.8, 4) is 17.0 Å². The van der Waals surface area contributed by atoms with Gasteiger partial charge in [0.2, 0.25) is 5.88 Å². The molecule has 0 unspecified atom stereocenters. The molecule has 1 aromatic carbocycles. The number of hydrogen-bond acceptors (Lipinski definition) is 5. The fourth-order valence-electron chi connectivity index (χ4n) is 3.58. The van der Waals surface area contributed by atoms with E-state index in [4.69, 9.17) is 4.74 Å². The van der Waals surface area contributed by atoms with Gasteiger partial charge in [-0.05, 0) is 39.6 Å². The lowest BCUT2D eigenvalue weighted by Crippen LogP contribution is -2.49. The van der Waals surface area contributed by atoms with E-state index in [0.29, 0.717) is 18.0 Å². The number of carbonyl (C=O) groups excluding carboxylic acids is 1. The fraction of sp³-hybridized carbons (Fsp3) is 0.478. The third-order valence-corrected chi connectivity index (χ3v) is 5.45. The maximum atomic E-state index is 13.4. The van der Waals surface area contributed by atoms with Gasteiger partial charge >= 0.3 is 0 Å². The number of hydrogen-bond donors (Lipinski definition) is 1. The number of rotatable bonds is 5. The Morgan fingerprint density at radius 3 is 2.59 bits per heavy atom. The number of amides is 1. The second-order valence-electron chi connectivity index (χ2n) is 8.33. The summed E-state index contributed by atoms with van der Waals surface area (Å²) in [6.07, 6.45) is 1.65. The second-order valence-corrected chi connectivity index (χ2v) is 8.33. The van der Waals surface area contributed by atoms with Crippen LogP contribution in [0.2, 0.25) is 0 Å². The van der Waals surface area contributed by atoms with Crippen LogP contribution in [-0.2, 0) is 0 Å². The van der Waals surface area contributed by atoms with Crippen molar-refractivity contribution in [1.82, 2.24) is 14.8 Å². The molecule has 6 heteroatoms. The molecule has 0 aliphatic carbocycles. The lowest BCUT2D eigenvalue weighted by molar-refractivity contribution is 0.0348. The largest absolute Gasteiger partial charge is 0.472 e. The molecule has 1 aromatic heterocycles. The number of likely N-dealkylation sites (N-methyl/N-ethyl adjacent to an activating group) is 1. The van der Waals surface area contributed by atoms with Crippen LogP contribution in [0.3, 0.4) is 0 Å². The number of nitrogens with zero attached hydrogens (tertiary/aromatic N) is 3. The van der Waals surface area contributed by atoms with E-state index in [0.717, 1.165) is 17.7 Å². The molecule has 0 fully saturated rings. The van der Waals surface area contributed by atoms with Crippen LogP contribution in [0, 0.1) is 12.8 Å². The first-order valence-corrected chi connectivity index (χ1v) is 10.1. The molecule has 3 atom stereocenters. The van der Waals surface area contributed by atoms with E-state index >= 15 is 0 Å². The molecule has 1 amide bonds. The Morgan fingerprint density at radius 1 is 1.28 bits per heavy atom. The van der Waals surface area contributed by atoms with Gasteiger partial charge in [-0.2, -0.15) is 0 Å². The minimum absolute atomic E-state index is 0.0852. The van der Waals surface area contributed by atoms with Gasteiger partial charge in [0.05, 0.1) is 12.6 Å². The number of aliphatic hydroxyl groups is 1. The van der Waals surface area contributed by atoms with Crippen LogP contribution in [0.1, 0.15) is 29.8 Å². The molecule has 1 aliphatic rings. The molecule has 2 heterocycles. The van der Waals surface area contributed by atoms with Crippen LogP contribution in [0.5, 0.6) is 5.88 Å². The summed E-state index contributed by atoms with van der Waals surface area (Å²) in [5.74, 6) is 0.305. The van der Waals surface area contributed by atoms with Gasteiger partial charge in [0.25, 0.3) is 5.91 Å². The van der Waals surface area contributed by atoms with Crippen molar-refractivity contribution in [1.29, 1.82) is 0 Å². The van der Waals surface area contributed by atoms with E-state index < -0.39 is 0 Å². The minimum atomic E-state index is -0.279. The first-order valence-electron chi connectivity index (χ1n) is 10.1. The molecule has 0 saturated carbocycles. The Hall–Kier alpha value is -2.44. The zero-order valence-corrected chi connectivity index (χ0v) is 17.9. The predicted octanol–water partition coefficient (Wildman–Crippen LogP) is 2.84. The molecule has 6 nitrogen and oxygen atoms in total. The van der Waals surface area contributed by atoms with Crippen LogP contribution in [-0.4, -0.2) is 71.7 Å². The molecule has 0 saturated heterocycles. The Kier molecular flexibility index (Phi) is 6.55. The van der Waals surface area contributed by atoms with Gasteiger partial charge in [0.15, 0.2) is 0 Å². The lowest BCUT2D eigenvalue weighted by Gasteiger charge is -2.37. The molecule has 1 N–H and O–H groups in total. The lowest BCUT2D eigenvalue weighted by atomic mass is 9.99. The first kappa shape index (κ1) is 21.3. The topological polar surface area (TPSA) is 65.9 Å². The standard InChI is InChI=1S/C23H31N3O3/c1-15-6-8-18(9-7-15)19-10-20-22(24-11-19)29-21(13-25(4)5)16(2)12-26(23(20)28)17(3)14-27/h6-11,16-17,21,27H,12-14H2,1-5H3/t16-,17+,21+/m1/s1. The average molecular weight is 398 g/mol. The summed E-state index contributed by atoms with van der Waals surface area (Å²) < 4.78 is 6.24. The zero-order valence-electron chi connectivity index (χ0n) is 17.9. The maximum Gasteiger partial charge on any atom is 0.259 e. The summed E-state index contributed by atoms with van der Waals surface area (Å²) in [6, 6.07) is 9.71. The van der Waals surface area contributed by atoms with Gasteiger partial charge in [-0.25, -0.2) is 4.98 Å². The summed E-state index contributed by atoms with van der Waals surface area (Å²) in [5, 5.41) is 9.72. The van der Waals surface area contributed by atoms with Gasteiger partial charge in [0.1, 0.15) is 11.7 Å². The van der Waals surface area contributed by atoms with E-state index in [1.165, 1.54) is 5.56 Å². The minimum Gasteiger partial charge on any atom is -0.472 e. The Balaban J connectivity index is 2.06. The Morgan fingerprint density at radius 2 is 1.97 bits per heavy atom. The van der Waals surface area contributed by atoms with E-state index in [9.17, 15) is 9.90 Å². The third-order valence-electron chi connectivity index (χ3n) is 5.45. The van der Waals surface area contributed by atoms with Gasteiger partial charge in [-0.15, -0.1) is 0 Å². The number of benzene rings is 1. The van der Waals surface area contributed by atoms with Crippen molar-refractivity contribution < 1.29 is 14.6 Å². The molecule has 0 bridgehead atoms. The molecular formula is C23H31N3O3. The van der Waals surface area contributed by atoms with Gasteiger partial charge in [0, 0.05) is 30.8 Å². The van der Waals surface area contributed by atoms with Crippen LogP contribution >= 0.6 is 0 Å². The van der Waals surface area contributed by atoms with Crippen LogP contribution in [0.25, 0.3) is 11.1 Å². The molecule has 0 spiro atoms. The fourth-order valence-corrected chi connectivity index (χ4v) is 3.58. The van der Waals surface area contributed by atoms with E-state index in [-0.39, 0.29) is 30.6 Å². The Labute approximate surface area is 173 Å². The van der Waals surface area contributed by atoms with E-state index in [1.54, 1.807) is 11.1 Å². The quantitative estimate of drug-likeness (QED) is 0.840. The number of aromatic nitrogens is 1. The van der Waals surface area contributed by atoms with Crippen molar-refractivity contribution in [3.63, 3.8) is 0 Å². The molecule has 3 rings (SSSR count). The number of carbonyl (C=O) groups is 1. The van der Waals surface area contributed by atoms with Crippen molar-refractivity contribution >= 4 is 5.91 Å². The summed E-state index contributed by atoms with van der Waals surface area (Å²) >= 11 is 0. The van der Waals surface area contributed by atoms with E-state index in [1.807, 2.05) is 58.3 Å². The highest BCUT2D eigenvalue weighted by Gasteiger charge is 2.33. The number of fused-ring (bicyclic) bond motifs is 1. The summed E-state index contributed by atoms with van der Waals surface area (Å²) in [5.41, 5.74) is 3.49. The predicted molar refractivity (Wildman–Crippen MR) is 114 cm³/mol. The SMILES string of the molecule is Cc1ccc(-c2cnc3c(c2)C(=O)N([C@@H](C)CO)C[C@@H](C)[C@H](CN(C)C)O3)cc1. The number of aryl methyl sites for hydroxylation is 1. The first-order chi connectivity index (χ1) is 13.8. The second kappa shape index (κ2) is 8.93. The summed E-state index contributed by atoms with van der Waals surface area (Å²) in [6.45, 7) is 7.14. The van der Waals surface area contributed by atoms with Crippen molar-refractivity contribution in [2.45, 2.75) is 32.9 Å². The average Bonchev–Trinajstić information content (AvgIpc) is 2.70. The molecular weight excluding hydrogens is 366 g/mol. The molecule has 2 aromatic rings.